The Kier molecular flexibility index (Phi) is 2.96. The molecule has 6 heteroatoms. The monoisotopic (exact) mass is 259 g/mol. The summed E-state index contributed by atoms with van der Waals surface area (Å²) in [5.74, 6) is -0.622. The Hall–Kier alpha value is -1.72. The van der Waals surface area contributed by atoms with Crippen LogP contribution in [0, 0.1) is 5.41 Å². The molecule has 0 unspecified atom stereocenters. The van der Waals surface area contributed by atoms with Crippen molar-refractivity contribution in [2.75, 3.05) is 6.61 Å². The lowest BCUT2D eigenvalue weighted by atomic mass is 10.1. The minimum atomic E-state index is -4.27. The minimum absolute atomic E-state index is 0.0647. The van der Waals surface area contributed by atoms with Crippen LogP contribution in [0.4, 0.5) is 13.2 Å². The van der Waals surface area contributed by atoms with Crippen molar-refractivity contribution in [3.05, 3.63) is 29.8 Å². The number of hydrogen-bond donors (Lipinski definition) is 1. The molecule has 1 aromatic carbocycles. The van der Waals surface area contributed by atoms with Gasteiger partial charge in [-0.25, -0.2) is 0 Å². The molecule has 1 aliphatic rings. The van der Waals surface area contributed by atoms with E-state index in [1.807, 2.05) is 0 Å². The van der Waals surface area contributed by atoms with Crippen LogP contribution >= 0.6 is 0 Å². The molecule has 0 aliphatic heterocycles. The van der Waals surface area contributed by atoms with Gasteiger partial charge in [-0.2, -0.15) is 13.2 Å². The van der Waals surface area contributed by atoms with E-state index < -0.39 is 24.1 Å². The number of rotatable bonds is 4. The molecule has 3 nitrogen and oxygen atoms in total. The van der Waals surface area contributed by atoms with Crippen LogP contribution in [0.5, 0.6) is 5.75 Å². The summed E-state index contributed by atoms with van der Waals surface area (Å²) >= 11 is 0. The topological polar surface area (TPSA) is 52.3 Å². The Balaban J connectivity index is 2.10. The van der Waals surface area contributed by atoms with Crippen molar-refractivity contribution in [2.45, 2.75) is 19.0 Å². The third-order valence-corrected chi connectivity index (χ3v) is 3.11. The summed E-state index contributed by atoms with van der Waals surface area (Å²) in [7, 11) is 0. The minimum Gasteiger partial charge on any atom is -0.492 e. The Morgan fingerprint density at radius 2 is 1.94 bits per heavy atom. The van der Waals surface area contributed by atoms with Crippen molar-refractivity contribution in [3.63, 3.8) is 0 Å². The summed E-state index contributed by atoms with van der Waals surface area (Å²) in [5.41, 5.74) is 3.45. The molecule has 1 fully saturated rings. The van der Waals surface area contributed by atoms with E-state index in [4.69, 9.17) is 10.5 Å². The van der Waals surface area contributed by atoms with Gasteiger partial charge in [0.05, 0.1) is 5.56 Å². The maximum Gasteiger partial charge on any atom is 0.397 e. The summed E-state index contributed by atoms with van der Waals surface area (Å²) in [6, 6.07) is 6.01. The number of carbonyl (C=O) groups excluding carboxylic acids is 1. The molecule has 0 radical (unpaired) electrons. The maximum absolute atomic E-state index is 12.7. The van der Waals surface area contributed by atoms with Crippen molar-refractivity contribution in [1.29, 1.82) is 0 Å². The number of hydrogen-bond acceptors (Lipinski definition) is 2. The predicted molar refractivity (Wildman–Crippen MR) is 58.2 cm³/mol. The summed E-state index contributed by atoms with van der Waals surface area (Å²) in [4.78, 5) is 11.1. The second-order valence-corrected chi connectivity index (χ2v) is 4.43. The number of para-hydroxylation sites is 1. The number of primary amides is 1. The molecule has 2 N–H and O–H groups in total. The van der Waals surface area contributed by atoms with Gasteiger partial charge in [0.1, 0.15) is 17.8 Å². The first-order valence-electron chi connectivity index (χ1n) is 5.44. The zero-order chi connectivity index (χ0) is 13.4. The van der Waals surface area contributed by atoms with Crippen molar-refractivity contribution in [2.24, 2.45) is 11.1 Å². The molecule has 2 rings (SSSR count). The van der Waals surface area contributed by atoms with Gasteiger partial charge in [-0.3, -0.25) is 4.79 Å². The zero-order valence-corrected chi connectivity index (χ0v) is 9.46. The van der Waals surface area contributed by atoms with Gasteiger partial charge >= 0.3 is 6.18 Å². The Labute approximate surface area is 102 Å². The first-order chi connectivity index (χ1) is 8.36. The summed E-state index contributed by atoms with van der Waals surface area (Å²) in [6.45, 7) is -0.471. The molecule has 18 heavy (non-hydrogen) atoms. The van der Waals surface area contributed by atoms with Crippen molar-refractivity contribution >= 4 is 5.91 Å². The van der Waals surface area contributed by atoms with Gasteiger partial charge in [0.15, 0.2) is 0 Å². The number of benzene rings is 1. The molecule has 0 atom stereocenters. The van der Waals surface area contributed by atoms with Gasteiger partial charge in [0.2, 0.25) is 0 Å². The Morgan fingerprint density at radius 1 is 1.33 bits per heavy atom. The van der Waals surface area contributed by atoms with Crippen molar-refractivity contribution in [3.8, 4) is 5.75 Å². The Morgan fingerprint density at radius 3 is 2.44 bits per heavy atom. The quantitative estimate of drug-likeness (QED) is 0.903. The number of ether oxygens (including phenoxy) is 1. The molecule has 0 aromatic heterocycles. The highest BCUT2D eigenvalue weighted by Crippen LogP contribution is 2.57. The van der Waals surface area contributed by atoms with Crippen LogP contribution in [-0.4, -0.2) is 18.7 Å². The van der Waals surface area contributed by atoms with E-state index in [1.165, 1.54) is 12.1 Å². The van der Waals surface area contributed by atoms with Crippen molar-refractivity contribution in [1.82, 2.24) is 0 Å². The van der Waals surface area contributed by atoms with E-state index >= 15 is 0 Å². The molecule has 1 saturated carbocycles. The van der Waals surface area contributed by atoms with E-state index in [0.717, 1.165) is 0 Å². The highest BCUT2D eigenvalue weighted by molar-refractivity contribution is 5.95. The van der Waals surface area contributed by atoms with Gasteiger partial charge < -0.3 is 10.5 Å². The Bertz CT molecular complexity index is 467. The highest BCUT2D eigenvalue weighted by atomic mass is 19.4. The SMILES string of the molecule is NC(=O)c1ccccc1OCC1(C(F)(F)F)CC1. The third-order valence-electron chi connectivity index (χ3n) is 3.11. The lowest BCUT2D eigenvalue weighted by Gasteiger charge is -2.20. The van der Waals surface area contributed by atoms with Crippen LogP contribution in [0.25, 0.3) is 0 Å². The van der Waals surface area contributed by atoms with E-state index in [0.29, 0.717) is 0 Å². The fourth-order valence-corrected chi connectivity index (χ4v) is 1.67. The largest absolute Gasteiger partial charge is 0.492 e. The van der Waals surface area contributed by atoms with Gasteiger partial charge in [-0.1, -0.05) is 12.1 Å². The standard InChI is InChI=1S/C12H12F3NO2/c13-12(14,15)11(5-6-11)7-18-9-4-2-1-3-8(9)10(16)17/h1-4H,5-7H2,(H2,16,17). The van der Waals surface area contributed by atoms with Gasteiger partial charge in [-0.05, 0) is 25.0 Å². The molecule has 0 bridgehead atoms. The van der Waals surface area contributed by atoms with Crippen LogP contribution in [0.1, 0.15) is 23.2 Å². The number of nitrogens with two attached hydrogens (primary N) is 1. The summed E-state index contributed by atoms with van der Waals surface area (Å²) < 4.78 is 43.2. The van der Waals surface area contributed by atoms with Gasteiger partial charge in [0, 0.05) is 0 Å². The van der Waals surface area contributed by atoms with Crippen LogP contribution in [0.3, 0.4) is 0 Å². The summed E-state index contributed by atoms with van der Waals surface area (Å²) in [6.07, 6.45) is -4.14. The molecule has 1 amide bonds. The maximum atomic E-state index is 12.7. The average molecular weight is 259 g/mol. The lowest BCUT2D eigenvalue weighted by Crippen LogP contribution is -2.30. The lowest BCUT2D eigenvalue weighted by molar-refractivity contribution is -0.194. The van der Waals surface area contributed by atoms with Crippen LogP contribution in [0.15, 0.2) is 24.3 Å². The fraction of sp³-hybridized carbons (Fsp3) is 0.417. The number of carbonyl (C=O) groups is 1. The highest BCUT2D eigenvalue weighted by Gasteiger charge is 2.63. The smallest absolute Gasteiger partial charge is 0.397 e. The summed E-state index contributed by atoms with van der Waals surface area (Å²) in [5, 5.41) is 0. The predicted octanol–water partition coefficient (Wildman–Crippen LogP) is 2.51. The van der Waals surface area contributed by atoms with Crippen molar-refractivity contribution < 1.29 is 22.7 Å². The second kappa shape index (κ2) is 4.19. The van der Waals surface area contributed by atoms with E-state index in [9.17, 15) is 18.0 Å². The zero-order valence-electron chi connectivity index (χ0n) is 9.46. The first kappa shape index (κ1) is 12.7. The normalized spacial score (nSPS) is 17.3. The second-order valence-electron chi connectivity index (χ2n) is 4.43. The molecule has 0 saturated heterocycles. The molecule has 0 spiro atoms. The number of amides is 1. The first-order valence-corrected chi connectivity index (χ1v) is 5.44. The van der Waals surface area contributed by atoms with E-state index in [2.05, 4.69) is 0 Å². The number of alkyl halides is 3. The van der Waals surface area contributed by atoms with Gasteiger partial charge in [-0.15, -0.1) is 0 Å². The van der Waals surface area contributed by atoms with Crippen LogP contribution in [0.2, 0.25) is 0 Å². The van der Waals surface area contributed by atoms with Gasteiger partial charge in [0.25, 0.3) is 5.91 Å². The van der Waals surface area contributed by atoms with E-state index in [1.54, 1.807) is 12.1 Å². The molecular formula is C12H12F3NO2. The average Bonchev–Trinajstić information content (AvgIpc) is 3.07. The fourth-order valence-electron chi connectivity index (χ4n) is 1.67. The molecule has 1 aromatic rings. The molecular weight excluding hydrogens is 247 g/mol. The van der Waals surface area contributed by atoms with E-state index in [-0.39, 0.29) is 24.2 Å². The molecule has 98 valence electrons. The van der Waals surface area contributed by atoms with Crippen LogP contribution in [-0.2, 0) is 0 Å². The molecule has 1 aliphatic carbocycles. The third kappa shape index (κ3) is 2.27. The van der Waals surface area contributed by atoms with Crippen LogP contribution < -0.4 is 10.5 Å². The molecule has 0 heterocycles. The number of halogens is 3.